The third-order valence-corrected chi connectivity index (χ3v) is 3.14. The molecule has 0 aromatic heterocycles. The van der Waals surface area contributed by atoms with Crippen molar-refractivity contribution < 1.29 is 0 Å². The second-order valence-corrected chi connectivity index (χ2v) is 4.22. The highest BCUT2D eigenvalue weighted by Gasteiger charge is 2.21. The van der Waals surface area contributed by atoms with Crippen molar-refractivity contribution in [1.82, 2.24) is 0 Å². The van der Waals surface area contributed by atoms with E-state index in [2.05, 4.69) is 32.0 Å². The monoisotopic (exact) mass is 258 g/mol. The molecule has 0 fully saturated rings. The Kier molecular flexibility index (Phi) is 1.92. The van der Waals surface area contributed by atoms with Gasteiger partial charge in [0, 0.05) is 39.8 Å². The van der Waals surface area contributed by atoms with Gasteiger partial charge in [0.05, 0.1) is 5.71 Å². The first-order valence-corrected chi connectivity index (χ1v) is 5.42. The molecule has 0 spiro atoms. The summed E-state index contributed by atoms with van der Waals surface area (Å²) in [5, 5.41) is 0. The zero-order chi connectivity index (χ0) is 10.3. The molecule has 2 aliphatic rings. The molecule has 1 aromatic rings. The molecule has 3 rings (SSSR count). The van der Waals surface area contributed by atoms with Crippen LogP contribution in [0.3, 0.4) is 0 Å². The van der Waals surface area contributed by atoms with Crippen molar-refractivity contribution in [2.75, 3.05) is 0 Å². The number of nitrogens with zero attached hydrogens (tertiary/aromatic N) is 2. The van der Waals surface area contributed by atoms with Crippen molar-refractivity contribution in [3.05, 3.63) is 57.8 Å². The van der Waals surface area contributed by atoms with Crippen molar-refractivity contribution in [3.63, 3.8) is 0 Å². The molecule has 2 aliphatic heterocycles. The average Bonchev–Trinajstić information content (AvgIpc) is 2.80. The molecular formula is C12H7BrN2. The molecule has 0 saturated heterocycles. The number of hydrogen-bond acceptors (Lipinski definition) is 2. The van der Waals surface area contributed by atoms with E-state index < -0.39 is 0 Å². The molecule has 2 nitrogen and oxygen atoms in total. The third kappa shape index (κ3) is 1.31. The minimum Gasteiger partial charge on any atom is -0.263 e. The number of hydrogen-bond donors (Lipinski definition) is 0. The molecule has 3 heteroatoms. The number of halogens is 1. The Hall–Kier alpha value is -1.48. The van der Waals surface area contributed by atoms with Gasteiger partial charge in [-0.25, -0.2) is 0 Å². The lowest BCUT2D eigenvalue weighted by molar-refractivity contribution is 1.53. The van der Waals surface area contributed by atoms with Gasteiger partial charge in [0.1, 0.15) is 0 Å². The number of allylic oxidation sites excluding steroid dienone is 2. The molecule has 0 atom stereocenters. The van der Waals surface area contributed by atoms with Crippen LogP contribution < -0.4 is 0 Å². The van der Waals surface area contributed by atoms with E-state index in [0.29, 0.717) is 0 Å². The van der Waals surface area contributed by atoms with Crippen LogP contribution in [0.1, 0.15) is 5.56 Å². The molecule has 2 heterocycles. The van der Waals surface area contributed by atoms with Crippen LogP contribution in [-0.2, 0) is 0 Å². The highest BCUT2D eigenvalue weighted by atomic mass is 79.9. The maximum absolute atomic E-state index is 4.42. The molecule has 0 saturated carbocycles. The summed E-state index contributed by atoms with van der Waals surface area (Å²) in [6.45, 7) is 0. The molecule has 15 heavy (non-hydrogen) atoms. The quantitative estimate of drug-likeness (QED) is 0.740. The Morgan fingerprint density at radius 1 is 1.07 bits per heavy atom. The summed E-state index contributed by atoms with van der Waals surface area (Å²) in [5.41, 5.74) is 4.32. The maximum atomic E-state index is 4.42. The Balaban J connectivity index is 2.09. The topological polar surface area (TPSA) is 24.7 Å². The van der Waals surface area contributed by atoms with Crippen LogP contribution in [0.25, 0.3) is 0 Å². The van der Waals surface area contributed by atoms with Gasteiger partial charge in [0.15, 0.2) is 0 Å². The van der Waals surface area contributed by atoms with Crippen LogP contribution in [0.4, 0.5) is 0 Å². The van der Waals surface area contributed by atoms with Crippen molar-refractivity contribution in [2.45, 2.75) is 0 Å². The van der Waals surface area contributed by atoms with Crippen LogP contribution in [0.5, 0.6) is 0 Å². The molecular weight excluding hydrogens is 252 g/mol. The smallest absolute Gasteiger partial charge is 0.0808 e. The molecule has 0 radical (unpaired) electrons. The van der Waals surface area contributed by atoms with E-state index in [9.17, 15) is 0 Å². The van der Waals surface area contributed by atoms with E-state index >= 15 is 0 Å². The van der Waals surface area contributed by atoms with Crippen LogP contribution in [-0.4, -0.2) is 11.9 Å². The van der Waals surface area contributed by atoms with Crippen LogP contribution in [0, 0.1) is 0 Å². The van der Waals surface area contributed by atoms with Gasteiger partial charge < -0.3 is 0 Å². The van der Waals surface area contributed by atoms with Gasteiger partial charge in [-0.05, 0) is 6.07 Å². The summed E-state index contributed by atoms with van der Waals surface area (Å²) in [6.07, 6.45) is 5.55. The number of aliphatic imine (C=N–C) groups is 2. The summed E-state index contributed by atoms with van der Waals surface area (Å²) < 4.78 is 1.06. The largest absolute Gasteiger partial charge is 0.263 e. The van der Waals surface area contributed by atoms with E-state index in [1.807, 2.05) is 36.8 Å². The standard InChI is InChI=1S/C12H7BrN2/c13-11-4-2-1-3-9(11)12-10-7-14-5-8(10)6-15-12/h1-7H. The van der Waals surface area contributed by atoms with Crippen molar-refractivity contribution in [2.24, 2.45) is 9.98 Å². The lowest BCUT2D eigenvalue weighted by Gasteiger charge is -2.05. The average molecular weight is 259 g/mol. The van der Waals surface area contributed by atoms with Gasteiger partial charge in [0.2, 0.25) is 0 Å². The predicted octanol–water partition coefficient (Wildman–Crippen LogP) is 3.10. The lowest BCUT2D eigenvalue weighted by atomic mass is 10.0. The fraction of sp³-hybridized carbons (Fsp3) is 0. The fourth-order valence-corrected chi connectivity index (χ4v) is 2.18. The van der Waals surface area contributed by atoms with Gasteiger partial charge in [-0.3, -0.25) is 9.98 Å². The molecule has 1 aromatic carbocycles. The Bertz CT molecular complexity index is 550. The second kappa shape index (κ2) is 3.28. The maximum Gasteiger partial charge on any atom is 0.0808 e. The minimum atomic E-state index is 0.995. The predicted molar refractivity (Wildman–Crippen MR) is 65.3 cm³/mol. The first kappa shape index (κ1) is 8.80. The summed E-state index contributed by atoms with van der Waals surface area (Å²) in [6, 6.07) is 8.08. The van der Waals surface area contributed by atoms with E-state index in [1.54, 1.807) is 0 Å². The Labute approximate surface area is 95.9 Å². The normalized spacial score (nSPS) is 17.3. The Morgan fingerprint density at radius 3 is 2.80 bits per heavy atom. The number of benzene rings is 1. The highest BCUT2D eigenvalue weighted by Crippen LogP contribution is 2.29. The number of fused-ring (bicyclic) bond motifs is 1. The second-order valence-electron chi connectivity index (χ2n) is 3.36. The fourth-order valence-electron chi connectivity index (χ4n) is 1.71. The zero-order valence-corrected chi connectivity index (χ0v) is 9.40. The highest BCUT2D eigenvalue weighted by molar-refractivity contribution is 9.10. The molecule has 0 unspecified atom stereocenters. The van der Waals surface area contributed by atoms with Crippen LogP contribution in [0.15, 0.2) is 62.3 Å². The summed E-state index contributed by atoms with van der Waals surface area (Å²) in [5.74, 6) is 0. The first-order valence-electron chi connectivity index (χ1n) is 4.63. The lowest BCUT2D eigenvalue weighted by Crippen LogP contribution is -2.02. The van der Waals surface area contributed by atoms with E-state index in [0.717, 1.165) is 26.9 Å². The van der Waals surface area contributed by atoms with Gasteiger partial charge in [-0.1, -0.05) is 34.1 Å². The first-order chi connectivity index (χ1) is 7.36. The SMILES string of the molecule is Brc1ccccc1C1=NC=C2C=NC=C21. The van der Waals surface area contributed by atoms with Gasteiger partial charge in [-0.2, -0.15) is 0 Å². The van der Waals surface area contributed by atoms with Gasteiger partial charge in [0.25, 0.3) is 0 Å². The van der Waals surface area contributed by atoms with Crippen molar-refractivity contribution >= 4 is 27.9 Å². The number of rotatable bonds is 1. The van der Waals surface area contributed by atoms with E-state index in [-0.39, 0.29) is 0 Å². The molecule has 0 amide bonds. The van der Waals surface area contributed by atoms with Gasteiger partial charge in [-0.15, -0.1) is 0 Å². The van der Waals surface area contributed by atoms with Crippen molar-refractivity contribution in [1.29, 1.82) is 0 Å². The molecule has 0 bridgehead atoms. The van der Waals surface area contributed by atoms with E-state index in [4.69, 9.17) is 0 Å². The third-order valence-electron chi connectivity index (χ3n) is 2.45. The summed E-state index contributed by atoms with van der Waals surface area (Å²) >= 11 is 3.53. The van der Waals surface area contributed by atoms with Gasteiger partial charge >= 0.3 is 0 Å². The van der Waals surface area contributed by atoms with Crippen LogP contribution >= 0.6 is 15.9 Å². The van der Waals surface area contributed by atoms with Crippen molar-refractivity contribution in [3.8, 4) is 0 Å². The summed E-state index contributed by atoms with van der Waals surface area (Å²) in [7, 11) is 0. The zero-order valence-electron chi connectivity index (χ0n) is 7.81. The van der Waals surface area contributed by atoms with E-state index in [1.165, 1.54) is 0 Å². The van der Waals surface area contributed by atoms with Crippen LogP contribution in [0.2, 0.25) is 0 Å². The minimum absolute atomic E-state index is 0.995. The Morgan fingerprint density at radius 2 is 1.93 bits per heavy atom. The molecule has 72 valence electrons. The molecule has 0 N–H and O–H groups in total. The summed E-state index contributed by atoms with van der Waals surface area (Å²) in [4.78, 5) is 8.54. The molecule has 0 aliphatic carbocycles.